The van der Waals surface area contributed by atoms with Gasteiger partial charge in [-0.2, -0.15) is 10.2 Å². The second kappa shape index (κ2) is 7.74. The fraction of sp³-hybridized carbons (Fsp3) is 0.250. The molecule has 1 heterocycles. The van der Waals surface area contributed by atoms with E-state index >= 15 is 0 Å². The molecule has 0 bridgehead atoms. The lowest BCUT2D eigenvalue weighted by Gasteiger charge is -2.05. The van der Waals surface area contributed by atoms with Crippen molar-refractivity contribution in [3.8, 4) is 17.6 Å². The topological polar surface area (TPSA) is 80.3 Å². The van der Waals surface area contributed by atoms with Crippen LogP contribution in [0, 0.1) is 11.3 Å². The third-order valence-corrected chi connectivity index (χ3v) is 2.68. The quantitative estimate of drug-likeness (QED) is 0.754. The Bertz CT molecular complexity index is 656. The highest BCUT2D eigenvalue weighted by atomic mass is 16.5. The van der Waals surface area contributed by atoms with Gasteiger partial charge in [-0.1, -0.05) is 6.08 Å². The molecular weight excluding hydrogens is 282 g/mol. The number of rotatable bonds is 8. The first kappa shape index (κ1) is 15.4. The molecule has 0 aliphatic carbocycles. The average molecular weight is 299 g/mol. The number of oxazole rings is 1. The highest BCUT2D eigenvalue weighted by Gasteiger charge is 2.12. The number of hydrogen-bond acceptors (Lipinski definition) is 6. The molecule has 0 amide bonds. The van der Waals surface area contributed by atoms with Gasteiger partial charge in [0.2, 0.25) is 17.5 Å². The molecule has 0 spiro atoms. The minimum Gasteiger partial charge on any atom is -0.494 e. The molecule has 114 valence electrons. The Labute approximate surface area is 129 Å². The van der Waals surface area contributed by atoms with E-state index in [0.29, 0.717) is 30.7 Å². The molecule has 0 radical (unpaired) electrons. The van der Waals surface area contributed by atoms with Crippen LogP contribution in [0.1, 0.15) is 18.5 Å². The fourth-order valence-corrected chi connectivity index (χ4v) is 1.73. The molecule has 6 nitrogen and oxygen atoms in total. The van der Waals surface area contributed by atoms with E-state index in [2.05, 4.69) is 16.9 Å². The maximum atomic E-state index is 9.00. The van der Waals surface area contributed by atoms with E-state index in [0.717, 1.165) is 5.75 Å². The standard InChI is InChI=1S/C16H17N3O3/c1-3-9-18-16-14(10-17)19-15(22-16)11-21-13-7-5-12(6-8-13)20-4-2/h3,5-8,18H,1,4,9,11H2,2H3. The highest BCUT2D eigenvalue weighted by molar-refractivity contribution is 5.45. The van der Waals surface area contributed by atoms with Gasteiger partial charge in [0.1, 0.15) is 17.6 Å². The normalized spacial score (nSPS) is 9.82. The number of aromatic nitrogens is 1. The molecule has 6 heteroatoms. The van der Waals surface area contributed by atoms with Crippen LogP contribution in [0.4, 0.5) is 5.88 Å². The van der Waals surface area contributed by atoms with Crippen molar-refractivity contribution >= 4 is 5.88 Å². The summed E-state index contributed by atoms with van der Waals surface area (Å²) < 4.78 is 16.4. The number of nitrogens with one attached hydrogen (secondary N) is 1. The Morgan fingerprint density at radius 2 is 2.00 bits per heavy atom. The number of nitrogens with zero attached hydrogens (tertiary/aromatic N) is 2. The summed E-state index contributed by atoms with van der Waals surface area (Å²) in [6, 6.07) is 9.23. The van der Waals surface area contributed by atoms with Crippen LogP contribution in [0.2, 0.25) is 0 Å². The Morgan fingerprint density at radius 3 is 2.59 bits per heavy atom. The van der Waals surface area contributed by atoms with Crippen molar-refractivity contribution in [3.05, 3.63) is 48.5 Å². The van der Waals surface area contributed by atoms with Crippen LogP contribution in [0.3, 0.4) is 0 Å². The summed E-state index contributed by atoms with van der Waals surface area (Å²) in [4.78, 5) is 4.07. The maximum absolute atomic E-state index is 9.00. The third-order valence-electron chi connectivity index (χ3n) is 2.68. The molecule has 2 aromatic rings. The zero-order chi connectivity index (χ0) is 15.8. The van der Waals surface area contributed by atoms with Crippen molar-refractivity contribution in [2.75, 3.05) is 18.5 Å². The summed E-state index contributed by atoms with van der Waals surface area (Å²) in [7, 11) is 0. The first-order chi connectivity index (χ1) is 10.8. The predicted octanol–water partition coefficient (Wildman–Crippen LogP) is 3.12. The van der Waals surface area contributed by atoms with Gasteiger partial charge in [0.05, 0.1) is 6.61 Å². The zero-order valence-corrected chi connectivity index (χ0v) is 12.3. The van der Waals surface area contributed by atoms with Gasteiger partial charge in [0.15, 0.2) is 6.61 Å². The number of hydrogen-bond donors (Lipinski definition) is 1. The van der Waals surface area contributed by atoms with E-state index in [1.807, 2.05) is 25.1 Å². The van der Waals surface area contributed by atoms with E-state index < -0.39 is 0 Å². The van der Waals surface area contributed by atoms with Crippen LogP contribution in [0.15, 0.2) is 41.3 Å². The summed E-state index contributed by atoms with van der Waals surface area (Å²) in [6.45, 7) is 6.77. The molecule has 1 N–H and O–H groups in total. The lowest BCUT2D eigenvalue weighted by Crippen LogP contribution is -1.97. The van der Waals surface area contributed by atoms with Crippen molar-refractivity contribution < 1.29 is 13.9 Å². The number of benzene rings is 1. The number of ether oxygens (including phenoxy) is 2. The summed E-state index contributed by atoms with van der Waals surface area (Å²) in [6.07, 6.45) is 1.67. The van der Waals surface area contributed by atoms with Crippen LogP contribution in [0.25, 0.3) is 0 Å². The predicted molar refractivity (Wildman–Crippen MR) is 81.8 cm³/mol. The Hall–Kier alpha value is -2.94. The SMILES string of the molecule is C=CCNc1oc(COc2ccc(OCC)cc2)nc1C#N. The van der Waals surface area contributed by atoms with Gasteiger partial charge in [0.25, 0.3) is 0 Å². The first-order valence-corrected chi connectivity index (χ1v) is 6.87. The molecule has 0 saturated heterocycles. The summed E-state index contributed by atoms with van der Waals surface area (Å²) >= 11 is 0. The van der Waals surface area contributed by atoms with E-state index in [1.54, 1.807) is 18.2 Å². The molecule has 0 aliphatic rings. The van der Waals surface area contributed by atoms with E-state index in [4.69, 9.17) is 19.2 Å². The second-order valence-corrected chi connectivity index (χ2v) is 4.26. The molecule has 0 saturated carbocycles. The van der Waals surface area contributed by atoms with Crippen LogP contribution in [0.5, 0.6) is 11.5 Å². The highest BCUT2D eigenvalue weighted by Crippen LogP contribution is 2.20. The Morgan fingerprint density at radius 1 is 1.32 bits per heavy atom. The summed E-state index contributed by atoms with van der Waals surface area (Å²) in [5.74, 6) is 2.11. The van der Waals surface area contributed by atoms with E-state index in [-0.39, 0.29) is 12.3 Å². The van der Waals surface area contributed by atoms with Gasteiger partial charge in [-0.25, -0.2) is 0 Å². The zero-order valence-electron chi connectivity index (χ0n) is 12.3. The molecule has 0 unspecified atom stereocenters. The van der Waals surface area contributed by atoms with Crippen LogP contribution < -0.4 is 14.8 Å². The molecule has 0 aliphatic heterocycles. The van der Waals surface area contributed by atoms with Gasteiger partial charge in [0, 0.05) is 6.54 Å². The van der Waals surface area contributed by atoms with Crippen molar-refractivity contribution in [1.82, 2.24) is 4.98 Å². The van der Waals surface area contributed by atoms with Crippen LogP contribution in [-0.4, -0.2) is 18.1 Å². The second-order valence-electron chi connectivity index (χ2n) is 4.26. The smallest absolute Gasteiger partial charge is 0.236 e. The van der Waals surface area contributed by atoms with Crippen molar-refractivity contribution in [2.45, 2.75) is 13.5 Å². The third kappa shape index (κ3) is 4.03. The summed E-state index contributed by atoms with van der Waals surface area (Å²) in [5, 5.41) is 11.9. The minimum atomic E-state index is 0.137. The molecule has 1 aromatic carbocycles. The Balaban J connectivity index is 1.97. The van der Waals surface area contributed by atoms with Gasteiger partial charge in [-0.15, -0.1) is 6.58 Å². The number of nitriles is 1. The average Bonchev–Trinajstić information content (AvgIpc) is 2.95. The van der Waals surface area contributed by atoms with Crippen molar-refractivity contribution in [2.24, 2.45) is 0 Å². The molecule has 2 rings (SSSR count). The van der Waals surface area contributed by atoms with E-state index in [1.165, 1.54) is 0 Å². The van der Waals surface area contributed by atoms with Gasteiger partial charge < -0.3 is 19.2 Å². The van der Waals surface area contributed by atoms with Crippen LogP contribution in [-0.2, 0) is 6.61 Å². The minimum absolute atomic E-state index is 0.137. The maximum Gasteiger partial charge on any atom is 0.236 e. The molecule has 22 heavy (non-hydrogen) atoms. The van der Waals surface area contributed by atoms with Crippen LogP contribution >= 0.6 is 0 Å². The number of anilines is 1. The lowest BCUT2D eigenvalue weighted by molar-refractivity contribution is 0.264. The van der Waals surface area contributed by atoms with E-state index in [9.17, 15) is 0 Å². The summed E-state index contributed by atoms with van der Waals surface area (Å²) in [5.41, 5.74) is 0.201. The van der Waals surface area contributed by atoms with Gasteiger partial charge >= 0.3 is 0 Å². The monoisotopic (exact) mass is 299 g/mol. The van der Waals surface area contributed by atoms with Gasteiger partial charge in [-0.05, 0) is 31.2 Å². The van der Waals surface area contributed by atoms with Gasteiger partial charge in [-0.3, -0.25) is 0 Å². The largest absolute Gasteiger partial charge is 0.494 e. The molecule has 0 fully saturated rings. The first-order valence-electron chi connectivity index (χ1n) is 6.87. The van der Waals surface area contributed by atoms with Crippen molar-refractivity contribution in [1.29, 1.82) is 5.26 Å². The molecule has 1 aromatic heterocycles. The molecular formula is C16H17N3O3. The Kier molecular flexibility index (Phi) is 5.44. The van der Waals surface area contributed by atoms with Crippen molar-refractivity contribution in [3.63, 3.8) is 0 Å². The fourth-order valence-electron chi connectivity index (χ4n) is 1.73. The molecule has 0 atom stereocenters. The lowest BCUT2D eigenvalue weighted by atomic mass is 10.3.